The maximum Gasteiger partial charge on any atom is 0.255 e. The van der Waals surface area contributed by atoms with Crippen molar-refractivity contribution in [2.75, 3.05) is 19.8 Å². The van der Waals surface area contributed by atoms with Gasteiger partial charge in [-0.25, -0.2) is 0 Å². The zero-order chi connectivity index (χ0) is 16.1. The number of aliphatic hydroxyl groups excluding tert-OH is 1. The lowest BCUT2D eigenvalue weighted by Gasteiger charge is -2.20. The third-order valence-electron chi connectivity index (χ3n) is 3.62. The van der Waals surface area contributed by atoms with Crippen molar-refractivity contribution in [3.8, 4) is 11.5 Å². The number of aliphatic hydroxyl groups is 1. The van der Waals surface area contributed by atoms with Gasteiger partial charge >= 0.3 is 0 Å². The zero-order valence-electron chi connectivity index (χ0n) is 12.7. The van der Waals surface area contributed by atoms with Crippen LogP contribution in [0.3, 0.4) is 0 Å². The number of carbonyl (C=O) groups excluding carboxylic acids is 1. The molecule has 1 heterocycles. The minimum Gasteiger partial charge on any atom is -0.486 e. The minimum atomic E-state index is -0.641. The van der Waals surface area contributed by atoms with Crippen LogP contribution < -0.4 is 14.8 Å². The van der Waals surface area contributed by atoms with Crippen LogP contribution in [0.4, 0.5) is 0 Å². The van der Waals surface area contributed by atoms with Crippen molar-refractivity contribution < 1.29 is 19.4 Å². The molecule has 1 aliphatic rings. The second kappa shape index (κ2) is 7.15. The van der Waals surface area contributed by atoms with Crippen LogP contribution in [-0.4, -0.2) is 36.9 Å². The molecular weight excluding hydrogens is 294 g/mol. The molecule has 120 valence electrons. The molecule has 23 heavy (non-hydrogen) atoms. The molecule has 1 atom stereocenters. The summed E-state index contributed by atoms with van der Waals surface area (Å²) in [5.74, 6) is 0.766. The second-order valence-corrected chi connectivity index (χ2v) is 5.38. The number of ether oxygens (including phenoxy) is 2. The van der Waals surface area contributed by atoms with Crippen molar-refractivity contribution in [3.63, 3.8) is 0 Å². The molecule has 3 rings (SSSR count). The van der Waals surface area contributed by atoms with E-state index in [1.165, 1.54) is 0 Å². The van der Waals surface area contributed by atoms with Crippen LogP contribution >= 0.6 is 0 Å². The summed E-state index contributed by atoms with van der Waals surface area (Å²) in [6.45, 7) is 1.08. The van der Waals surface area contributed by atoms with Gasteiger partial charge in [-0.3, -0.25) is 4.79 Å². The van der Waals surface area contributed by atoms with Gasteiger partial charge in [0.1, 0.15) is 13.2 Å². The Kier molecular flexibility index (Phi) is 4.78. The van der Waals surface area contributed by atoms with Crippen LogP contribution in [0, 0.1) is 0 Å². The first-order chi connectivity index (χ1) is 11.2. The summed E-state index contributed by atoms with van der Waals surface area (Å²) in [5, 5.41) is 12.8. The molecule has 0 aliphatic carbocycles. The second-order valence-electron chi connectivity index (χ2n) is 5.38. The number of hydrogen-bond acceptors (Lipinski definition) is 4. The smallest absolute Gasteiger partial charge is 0.255 e. The van der Waals surface area contributed by atoms with E-state index in [4.69, 9.17) is 9.47 Å². The highest BCUT2D eigenvalue weighted by atomic mass is 16.6. The molecular formula is C18H19NO4. The number of nitrogens with one attached hydrogen (secondary N) is 1. The Labute approximate surface area is 134 Å². The van der Waals surface area contributed by atoms with Crippen LogP contribution in [-0.2, 0) is 6.42 Å². The predicted octanol–water partition coefficient (Wildman–Crippen LogP) is 1.79. The zero-order valence-corrected chi connectivity index (χ0v) is 12.7. The molecule has 1 aliphatic heterocycles. The van der Waals surface area contributed by atoms with Gasteiger partial charge in [0, 0.05) is 13.0 Å². The first-order valence-electron chi connectivity index (χ1n) is 7.63. The van der Waals surface area contributed by atoms with Gasteiger partial charge in [0.25, 0.3) is 5.91 Å². The van der Waals surface area contributed by atoms with Gasteiger partial charge in [-0.05, 0) is 17.7 Å². The van der Waals surface area contributed by atoms with Gasteiger partial charge in [-0.2, -0.15) is 0 Å². The van der Waals surface area contributed by atoms with Gasteiger partial charge in [-0.1, -0.05) is 36.4 Å². The summed E-state index contributed by atoms with van der Waals surface area (Å²) in [4.78, 5) is 12.3. The Morgan fingerprint density at radius 1 is 1.09 bits per heavy atom. The third kappa shape index (κ3) is 3.81. The maximum absolute atomic E-state index is 12.3. The van der Waals surface area contributed by atoms with Gasteiger partial charge < -0.3 is 19.9 Å². The first kappa shape index (κ1) is 15.4. The first-order valence-corrected chi connectivity index (χ1v) is 7.63. The van der Waals surface area contributed by atoms with E-state index >= 15 is 0 Å². The fourth-order valence-corrected chi connectivity index (χ4v) is 2.52. The lowest BCUT2D eigenvalue weighted by atomic mass is 10.1. The van der Waals surface area contributed by atoms with Gasteiger partial charge in [0.2, 0.25) is 0 Å². The lowest BCUT2D eigenvalue weighted by molar-refractivity contribution is 0.0905. The Hall–Kier alpha value is -2.53. The summed E-state index contributed by atoms with van der Waals surface area (Å²) < 4.78 is 11.0. The van der Waals surface area contributed by atoms with E-state index in [-0.39, 0.29) is 12.5 Å². The standard InChI is InChI=1S/C18H19NO4/c20-14(11-13-5-2-1-3-6-13)12-19-18(21)15-7-4-8-16-17(15)23-10-9-22-16/h1-8,14,20H,9-12H2,(H,19,21)/t14-/m1/s1. The van der Waals surface area contributed by atoms with Gasteiger partial charge in [0.05, 0.1) is 11.7 Å². The topological polar surface area (TPSA) is 67.8 Å². The molecule has 1 amide bonds. The lowest BCUT2D eigenvalue weighted by Crippen LogP contribution is -2.33. The molecule has 2 aromatic carbocycles. The van der Waals surface area contributed by atoms with Gasteiger partial charge in [-0.15, -0.1) is 0 Å². The molecule has 0 fully saturated rings. The van der Waals surface area contributed by atoms with Crippen LogP contribution in [0.1, 0.15) is 15.9 Å². The van der Waals surface area contributed by atoms with E-state index in [0.29, 0.717) is 36.7 Å². The third-order valence-corrected chi connectivity index (χ3v) is 3.62. The number of benzene rings is 2. The predicted molar refractivity (Wildman–Crippen MR) is 85.9 cm³/mol. The molecule has 0 unspecified atom stereocenters. The highest BCUT2D eigenvalue weighted by Gasteiger charge is 2.20. The van der Waals surface area contributed by atoms with Crippen molar-refractivity contribution in [1.29, 1.82) is 0 Å². The number of fused-ring (bicyclic) bond motifs is 1. The van der Waals surface area contributed by atoms with Crippen LogP contribution in [0.5, 0.6) is 11.5 Å². The normalized spacial score (nSPS) is 14.1. The number of rotatable bonds is 5. The molecule has 5 nitrogen and oxygen atoms in total. The van der Waals surface area contributed by atoms with Crippen LogP contribution in [0.25, 0.3) is 0 Å². The molecule has 0 radical (unpaired) electrons. The molecule has 5 heteroatoms. The molecule has 0 bridgehead atoms. The largest absolute Gasteiger partial charge is 0.486 e. The maximum atomic E-state index is 12.3. The van der Waals surface area contributed by atoms with Crippen molar-refractivity contribution in [3.05, 3.63) is 59.7 Å². The fourth-order valence-electron chi connectivity index (χ4n) is 2.52. The van der Waals surface area contributed by atoms with E-state index < -0.39 is 6.10 Å². The number of hydrogen-bond donors (Lipinski definition) is 2. The highest BCUT2D eigenvalue weighted by Crippen LogP contribution is 2.33. The van der Waals surface area contributed by atoms with E-state index in [2.05, 4.69) is 5.32 Å². The Morgan fingerprint density at radius 2 is 1.87 bits per heavy atom. The summed E-state index contributed by atoms with van der Waals surface area (Å²) in [7, 11) is 0. The average molecular weight is 313 g/mol. The Morgan fingerprint density at radius 3 is 2.70 bits per heavy atom. The number of para-hydroxylation sites is 1. The SMILES string of the molecule is O=C(NC[C@H](O)Cc1ccccc1)c1cccc2c1OCCO2. The van der Waals surface area contributed by atoms with E-state index in [9.17, 15) is 9.90 Å². The van der Waals surface area contributed by atoms with E-state index in [1.54, 1.807) is 18.2 Å². The molecule has 2 aromatic rings. The fraction of sp³-hybridized carbons (Fsp3) is 0.278. The quantitative estimate of drug-likeness (QED) is 0.883. The minimum absolute atomic E-state index is 0.179. The van der Waals surface area contributed by atoms with Crippen LogP contribution in [0.15, 0.2) is 48.5 Å². The molecule has 0 aromatic heterocycles. The van der Waals surface area contributed by atoms with E-state index in [1.807, 2.05) is 30.3 Å². The van der Waals surface area contributed by atoms with Crippen LogP contribution in [0.2, 0.25) is 0 Å². The summed E-state index contributed by atoms with van der Waals surface area (Å²) in [5.41, 5.74) is 1.46. The van der Waals surface area contributed by atoms with Crippen molar-refractivity contribution in [1.82, 2.24) is 5.32 Å². The summed E-state index contributed by atoms with van der Waals surface area (Å²) in [6.07, 6.45) is -0.147. The molecule has 2 N–H and O–H groups in total. The van der Waals surface area contributed by atoms with Gasteiger partial charge in [0.15, 0.2) is 11.5 Å². The average Bonchev–Trinajstić information content (AvgIpc) is 2.60. The Balaban J connectivity index is 1.59. The van der Waals surface area contributed by atoms with Crippen molar-refractivity contribution in [2.45, 2.75) is 12.5 Å². The summed E-state index contributed by atoms with van der Waals surface area (Å²) in [6, 6.07) is 14.9. The van der Waals surface area contributed by atoms with E-state index in [0.717, 1.165) is 5.56 Å². The highest BCUT2D eigenvalue weighted by molar-refractivity contribution is 5.97. The molecule has 0 saturated heterocycles. The molecule has 0 spiro atoms. The monoisotopic (exact) mass is 313 g/mol. The summed E-state index contributed by atoms with van der Waals surface area (Å²) >= 11 is 0. The molecule has 0 saturated carbocycles. The number of amides is 1. The number of carbonyl (C=O) groups is 1. The van der Waals surface area contributed by atoms with Crippen molar-refractivity contribution >= 4 is 5.91 Å². The Bertz CT molecular complexity index is 672. The van der Waals surface area contributed by atoms with Crippen molar-refractivity contribution in [2.24, 2.45) is 0 Å².